The summed E-state index contributed by atoms with van der Waals surface area (Å²) in [4.78, 5) is 19.2. The van der Waals surface area contributed by atoms with Gasteiger partial charge in [-0.05, 0) is 42.9 Å². The fraction of sp³-hybridized carbons (Fsp3) is 0.588. The summed E-state index contributed by atoms with van der Waals surface area (Å²) in [7, 11) is 0. The number of nitrogens with zero attached hydrogens (tertiary/aromatic N) is 1. The predicted octanol–water partition coefficient (Wildman–Crippen LogP) is 2.45. The Morgan fingerprint density at radius 1 is 1.22 bits per heavy atom. The third-order valence-corrected chi connectivity index (χ3v) is 5.63. The zero-order valence-corrected chi connectivity index (χ0v) is 14.7. The van der Waals surface area contributed by atoms with Crippen molar-refractivity contribution >= 4 is 21.9 Å². The summed E-state index contributed by atoms with van der Waals surface area (Å²) >= 11 is 3.47. The van der Waals surface area contributed by atoms with Gasteiger partial charge in [-0.25, -0.2) is 0 Å². The van der Waals surface area contributed by atoms with Gasteiger partial charge in [0.2, 0.25) is 0 Å². The van der Waals surface area contributed by atoms with Crippen LogP contribution in [0.1, 0.15) is 30.7 Å². The molecule has 0 unspecified atom stereocenters. The van der Waals surface area contributed by atoms with Crippen LogP contribution in [0.25, 0.3) is 0 Å². The van der Waals surface area contributed by atoms with E-state index in [4.69, 9.17) is 10.6 Å². The van der Waals surface area contributed by atoms with Gasteiger partial charge in [-0.3, -0.25) is 9.69 Å². The van der Waals surface area contributed by atoms with Crippen LogP contribution in [-0.4, -0.2) is 43.2 Å². The average molecular weight is 383 g/mol. The van der Waals surface area contributed by atoms with Gasteiger partial charge in [-0.2, -0.15) is 5.90 Å². The van der Waals surface area contributed by atoms with E-state index < -0.39 is 0 Å². The van der Waals surface area contributed by atoms with Gasteiger partial charge < -0.3 is 9.57 Å². The van der Waals surface area contributed by atoms with E-state index in [1.165, 1.54) is 5.56 Å². The molecule has 1 aromatic carbocycles. The van der Waals surface area contributed by atoms with Gasteiger partial charge in [-0.1, -0.05) is 28.1 Å². The highest BCUT2D eigenvalue weighted by atomic mass is 79.9. The summed E-state index contributed by atoms with van der Waals surface area (Å²) in [5.41, 5.74) is 1.18. The van der Waals surface area contributed by atoms with E-state index >= 15 is 0 Å². The highest BCUT2D eigenvalue weighted by Gasteiger charge is 2.39. The monoisotopic (exact) mass is 382 g/mol. The second-order valence-corrected chi connectivity index (χ2v) is 7.23. The van der Waals surface area contributed by atoms with E-state index in [1.54, 1.807) is 0 Å². The molecule has 1 saturated carbocycles. The summed E-state index contributed by atoms with van der Waals surface area (Å²) < 4.78 is 6.50. The number of hydrogen-bond acceptors (Lipinski definition) is 5. The average Bonchev–Trinajstić information content (AvgIpc) is 2.62. The SMILES string of the molecule is NOC(=O)[C@@H]1CC[C@@H](N2CCOCC2)C[C@H]1c1ccc(Br)cc1. The number of nitrogens with two attached hydrogens (primary N) is 1. The lowest BCUT2D eigenvalue weighted by Gasteiger charge is -2.41. The largest absolute Gasteiger partial charge is 0.379 e. The van der Waals surface area contributed by atoms with Gasteiger partial charge in [0, 0.05) is 23.6 Å². The van der Waals surface area contributed by atoms with E-state index in [-0.39, 0.29) is 17.8 Å². The molecular weight excluding hydrogens is 360 g/mol. The summed E-state index contributed by atoms with van der Waals surface area (Å²) in [5.74, 6) is 4.87. The number of hydrogen-bond donors (Lipinski definition) is 1. The molecule has 0 spiro atoms. The third-order valence-electron chi connectivity index (χ3n) is 5.10. The Bertz CT molecular complexity index is 531. The van der Waals surface area contributed by atoms with Crippen LogP contribution in [0.2, 0.25) is 0 Å². The highest BCUT2D eigenvalue weighted by molar-refractivity contribution is 9.10. The zero-order valence-electron chi connectivity index (χ0n) is 13.1. The molecule has 6 heteroatoms. The Kier molecular flexibility index (Phi) is 5.69. The number of ether oxygens (including phenoxy) is 1. The molecule has 3 rings (SSSR count). The molecule has 2 fully saturated rings. The fourth-order valence-electron chi connectivity index (χ4n) is 3.87. The van der Waals surface area contributed by atoms with Crippen molar-refractivity contribution in [1.29, 1.82) is 0 Å². The standard InChI is InChI=1S/C17H23BrN2O3/c18-13-3-1-12(2-4-13)16-11-14(20-7-9-22-10-8-20)5-6-15(16)17(21)23-19/h1-4,14-16H,5-11,19H2/t14-,15-,16+/m1/s1. The number of carbonyl (C=O) groups excluding carboxylic acids is 1. The Balaban J connectivity index is 1.79. The third kappa shape index (κ3) is 3.94. The van der Waals surface area contributed by atoms with Crippen LogP contribution < -0.4 is 5.90 Å². The first kappa shape index (κ1) is 16.9. The maximum absolute atomic E-state index is 12.1. The molecule has 1 saturated heterocycles. The maximum atomic E-state index is 12.1. The van der Waals surface area contributed by atoms with Crippen LogP contribution >= 0.6 is 15.9 Å². The number of morpholine rings is 1. The topological polar surface area (TPSA) is 64.8 Å². The lowest BCUT2D eigenvalue weighted by molar-refractivity contribution is -0.151. The van der Waals surface area contributed by atoms with Crippen molar-refractivity contribution in [3.8, 4) is 0 Å². The van der Waals surface area contributed by atoms with Gasteiger partial charge in [0.1, 0.15) is 0 Å². The lowest BCUT2D eigenvalue weighted by atomic mass is 9.73. The molecule has 1 aromatic rings. The number of carbonyl (C=O) groups is 1. The molecule has 0 amide bonds. The molecule has 23 heavy (non-hydrogen) atoms. The van der Waals surface area contributed by atoms with Crippen molar-refractivity contribution < 1.29 is 14.4 Å². The van der Waals surface area contributed by atoms with Crippen molar-refractivity contribution in [1.82, 2.24) is 4.90 Å². The minimum absolute atomic E-state index is 0.153. The normalized spacial score (nSPS) is 29.2. The second kappa shape index (κ2) is 7.75. The van der Waals surface area contributed by atoms with Crippen LogP contribution in [0.4, 0.5) is 0 Å². The molecule has 1 heterocycles. The molecule has 0 radical (unpaired) electrons. The number of benzene rings is 1. The van der Waals surface area contributed by atoms with Gasteiger partial charge in [0.25, 0.3) is 0 Å². The molecule has 1 aliphatic heterocycles. The van der Waals surface area contributed by atoms with Gasteiger partial charge in [0.15, 0.2) is 0 Å². The highest BCUT2D eigenvalue weighted by Crippen LogP contribution is 2.40. The van der Waals surface area contributed by atoms with Crippen molar-refractivity contribution in [3.05, 3.63) is 34.3 Å². The Morgan fingerprint density at radius 2 is 1.91 bits per heavy atom. The van der Waals surface area contributed by atoms with Crippen molar-refractivity contribution in [2.75, 3.05) is 26.3 Å². The lowest BCUT2D eigenvalue weighted by Crippen LogP contribution is -2.47. The molecule has 0 bridgehead atoms. The first-order valence-corrected chi connectivity index (χ1v) is 8.96. The predicted molar refractivity (Wildman–Crippen MR) is 90.7 cm³/mol. The summed E-state index contributed by atoms with van der Waals surface area (Å²) in [6, 6.07) is 8.73. The van der Waals surface area contributed by atoms with E-state index in [0.29, 0.717) is 6.04 Å². The maximum Gasteiger partial charge on any atom is 0.328 e. The molecule has 1 aliphatic carbocycles. The molecule has 126 valence electrons. The Hall–Kier alpha value is -0.950. The summed E-state index contributed by atoms with van der Waals surface area (Å²) in [5, 5.41) is 0. The minimum Gasteiger partial charge on any atom is -0.379 e. The van der Waals surface area contributed by atoms with Gasteiger partial charge in [0.05, 0.1) is 19.1 Å². The van der Waals surface area contributed by atoms with Crippen LogP contribution in [0, 0.1) is 5.92 Å². The van der Waals surface area contributed by atoms with Crippen molar-refractivity contribution in [2.24, 2.45) is 11.8 Å². The fourth-order valence-corrected chi connectivity index (χ4v) is 4.13. The van der Waals surface area contributed by atoms with Gasteiger partial charge in [-0.15, -0.1) is 0 Å². The molecule has 5 nitrogen and oxygen atoms in total. The summed E-state index contributed by atoms with van der Waals surface area (Å²) in [6.07, 6.45) is 2.78. The van der Waals surface area contributed by atoms with Crippen molar-refractivity contribution in [3.63, 3.8) is 0 Å². The van der Waals surface area contributed by atoms with Crippen LogP contribution in [0.15, 0.2) is 28.7 Å². The summed E-state index contributed by atoms with van der Waals surface area (Å²) in [6.45, 7) is 3.55. The zero-order chi connectivity index (χ0) is 16.2. The van der Waals surface area contributed by atoms with Crippen LogP contribution in [-0.2, 0) is 14.4 Å². The molecule has 2 aliphatic rings. The van der Waals surface area contributed by atoms with E-state index in [1.807, 2.05) is 12.1 Å². The van der Waals surface area contributed by atoms with E-state index in [0.717, 1.165) is 50.0 Å². The molecule has 0 aromatic heterocycles. The Morgan fingerprint density at radius 3 is 2.57 bits per heavy atom. The smallest absolute Gasteiger partial charge is 0.328 e. The van der Waals surface area contributed by atoms with Gasteiger partial charge >= 0.3 is 5.97 Å². The minimum atomic E-state index is -0.293. The van der Waals surface area contributed by atoms with Crippen LogP contribution in [0.3, 0.4) is 0 Å². The van der Waals surface area contributed by atoms with Crippen molar-refractivity contribution in [2.45, 2.75) is 31.2 Å². The first-order valence-electron chi connectivity index (χ1n) is 8.17. The van der Waals surface area contributed by atoms with Crippen LogP contribution in [0.5, 0.6) is 0 Å². The number of halogens is 1. The Labute approximate surface area is 145 Å². The molecular formula is C17H23BrN2O3. The molecule has 2 N–H and O–H groups in total. The second-order valence-electron chi connectivity index (χ2n) is 6.32. The molecule has 3 atom stereocenters. The first-order chi connectivity index (χ1) is 11.2. The number of rotatable bonds is 3. The van der Waals surface area contributed by atoms with E-state index in [9.17, 15) is 4.79 Å². The quantitative estimate of drug-likeness (QED) is 0.813. The van der Waals surface area contributed by atoms with E-state index in [2.05, 4.69) is 37.8 Å².